The van der Waals surface area contributed by atoms with Crippen LogP contribution in [0.4, 0.5) is 0 Å². The molecule has 25 heavy (non-hydrogen) atoms. The van der Waals surface area contributed by atoms with Crippen molar-refractivity contribution in [1.82, 2.24) is 19.4 Å². The van der Waals surface area contributed by atoms with Gasteiger partial charge in [0.05, 0.1) is 28.4 Å². The van der Waals surface area contributed by atoms with Crippen LogP contribution in [0.2, 0.25) is 0 Å². The number of benzene rings is 1. The van der Waals surface area contributed by atoms with Crippen LogP contribution >= 0.6 is 11.3 Å². The molecule has 5 nitrogen and oxygen atoms in total. The summed E-state index contributed by atoms with van der Waals surface area (Å²) in [6, 6.07) is 7.57. The summed E-state index contributed by atoms with van der Waals surface area (Å²) in [4.78, 5) is 25.3. The zero-order valence-electron chi connectivity index (χ0n) is 14.4. The van der Waals surface area contributed by atoms with Crippen LogP contribution in [0, 0.1) is 12.8 Å². The minimum Gasteiger partial charge on any atom is -0.298 e. The molecule has 0 unspecified atom stereocenters. The molecule has 1 aliphatic heterocycles. The van der Waals surface area contributed by atoms with E-state index in [9.17, 15) is 4.79 Å². The lowest BCUT2D eigenvalue weighted by Crippen LogP contribution is -2.36. The molecule has 0 saturated carbocycles. The topological polar surface area (TPSA) is 51.0 Å². The van der Waals surface area contributed by atoms with Crippen molar-refractivity contribution in [3.05, 3.63) is 57.0 Å². The number of nitrogens with zero attached hydrogens (tertiary/aromatic N) is 4. The Bertz CT molecular complexity index is 924. The molecular formula is C19H22N4OS. The second kappa shape index (κ2) is 7.06. The summed E-state index contributed by atoms with van der Waals surface area (Å²) in [6.45, 7) is 6.01. The molecule has 0 bridgehead atoms. The third-order valence-corrected chi connectivity index (χ3v) is 6.03. The quantitative estimate of drug-likeness (QED) is 0.722. The number of likely N-dealkylation sites (tertiary alicyclic amines) is 1. The van der Waals surface area contributed by atoms with Gasteiger partial charge < -0.3 is 0 Å². The van der Waals surface area contributed by atoms with E-state index in [1.54, 1.807) is 22.2 Å². The fourth-order valence-electron chi connectivity index (χ4n) is 3.52. The maximum Gasteiger partial charge on any atom is 0.261 e. The summed E-state index contributed by atoms with van der Waals surface area (Å²) in [6.07, 6.45) is 3.95. The number of aryl methyl sites for hydroxylation is 1. The first kappa shape index (κ1) is 16.4. The van der Waals surface area contributed by atoms with Crippen LogP contribution in [-0.2, 0) is 13.1 Å². The minimum absolute atomic E-state index is 0.0771. The van der Waals surface area contributed by atoms with Crippen molar-refractivity contribution in [3.8, 4) is 0 Å². The summed E-state index contributed by atoms with van der Waals surface area (Å²) >= 11 is 1.74. The van der Waals surface area contributed by atoms with E-state index in [4.69, 9.17) is 0 Å². The second-order valence-electron chi connectivity index (χ2n) is 6.80. The van der Waals surface area contributed by atoms with Gasteiger partial charge in [-0.1, -0.05) is 12.1 Å². The molecule has 3 aromatic rings. The second-order valence-corrected chi connectivity index (χ2v) is 7.74. The lowest BCUT2D eigenvalue weighted by atomic mass is 9.96. The molecule has 6 heteroatoms. The molecular weight excluding hydrogens is 332 g/mol. The number of piperidine rings is 1. The van der Waals surface area contributed by atoms with Crippen molar-refractivity contribution in [1.29, 1.82) is 0 Å². The molecule has 0 radical (unpaired) electrons. The van der Waals surface area contributed by atoms with Crippen molar-refractivity contribution in [2.45, 2.75) is 32.9 Å². The molecule has 0 amide bonds. The number of hydrogen-bond donors (Lipinski definition) is 0. The van der Waals surface area contributed by atoms with Crippen LogP contribution in [0.15, 0.2) is 40.9 Å². The van der Waals surface area contributed by atoms with Gasteiger partial charge in [0, 0.05) is 18.0 Å². The van der Waals surface area contributed by atoms with Crippen LogP contribution in [0.5, 0.6) is 0 Å². The van der Waals surface area contributed by atoms with E-state index in [2.05, 4.69) is 21.8 Å². The van der Waals surface area contributed by atoms with Crippen molar-refractivity contribution in [2.24, 2.45) is 5.92 Å². The number of rotatable bonds is 4. The van der Waals surface area contributed by atoms with Gasteiger partial charge in [0.25, 0.3) is 5.56 Å². The maximum atomic E-state index is 12.6. The van der Waals surface area contributed by atoms with Gasteiger partial charge in [0.2, 0.25) is 0 Å². The molecule has 0 atom stereocenters. The van der Waals surface area contributed by atoms with Crippen LogP contribution in [-0.4, -0.2) is 32.5 Å². The van der Waals surface area contributed by atoms with Crippen molar-refractivity contribution in [2.75, 3.05) is 13.1 Å². The summed E-state index contributed by atoms with van der Waals surface area (Å²) in [7, 11) is 0. The lowest BCUT2D eigenvalue weighted by molar-refractivity contribution is 0.167. The number of para-hydroxylation sites is 1. The molecule has 1 fully saturated rings. The zero-order chi connectivity index (χ0) is 17.2. The maximum absolute atomic E-state index is 12.6. The molecule has 1 aromatic carbocycles. The van der Waals surface area contributed by atoms with Gasteiger partial charge in [-0.3, -0.25) is 14.3 Å². The van der Waals surface area contributed by atoms with E-state index in [0.29, 0.717) is 11.3 Å². The molecule has 0 spiro atoms. The van der Waals surface area contributed by atoms with Gasteiger partial charge >= 0.3 is 0 Å². The smallest absolute Gasteiger partial charge is 0.261 e. The fraction of sp³-hybridized carbons (Fsp3) is 0.421. The third-order valence-electron chi connectivity index (χ3n) is 5.11. The summed E-state index contributed by atoms with van der Waals surface area (Å²) < 4.78 is 1.79. The van der Waals surface area contributed by atoms with E-state index < -0.39 is 0 Å². The third kappa shape index (κ3) is 3.50. The monoisotopic (exact) mass is 354 g/mol. The first-order chi connectivity index (χ1) is 12.2. The van der Waals surface area contributed by atoms with Gasteiger partial charge in [-0.25, -0.2) is 9.97 Å². The Kier molecular flexibility index (Phi) is 4.63. The predicted octanol–water partition coefficient (Wildman–Crippen LogP) is 3.07. The Morgan fingerprint density at radius 1 is 1.20 bits per heavy atom. The summed E-state index contributed by atoms with van der Waals surface area (Å²) in [5.74, 6) is 0.541. The first-order valence-corrected chi connectivity index (χ1v) is 9.64. The van der Waals surface area contributed by atoms with Crippen molar-refractivity contribution < 1.29 is 0 Å². The van der Waals surface area contributed by atoms with Crippen LogP contribution in [0.3, 0.4) is 0 Å². The zero-order valence-corrected chi connectivity index (χ0v) is 15.2. The minimum atomic E-state index is 0.0771. The number of thiazole rings is 1. The molecule has 130 valence electrons. The Morgan fingerprint density at radius 3 is 2.76 bits per heavy atom. The van der Waals surface area contributed by atoms with Crippen LogP contribution in [0.25, 0.3) is 10.9 Å². The number of fused-ring (bicyclic) bond motifs is 1. The molecule has 0 aliphatic carbocycles. The Morgan fingerprint density at radius 2 is 2.00 bits per heavy atom. The van der Waals surface area contributed by atoms with Crippen LogP contribution < -0.4 is 5.56 Å². The average molecular weight is 354 g/mol. The highest BCUT2D eigenvalue weighted by atomic mass is 32.1. The number of hydrogen-bond acceptors (Lipinski definition) is 5. The SMILES string of the molecule is Cc1ncsc1CN1CCC(Cn2cnc3ccccc3c2=O)CC1. The Labute approximate surface area is 151 Å². The van der Waals surface area contributed by atoms with Crippen molar-refractivity contribution in [3.63, 3.8) is 0 Å². The van der Waals surface area contributed by atoms with E-state index in [1.807, 2.05) is 29.8 Å². The highest BCUT2D eigenvalue weighted by Crippen LogP contribution is 2.22. The van der Waals surface area contributed by atoms with Crippen LogP contribution in [0.1, 0.15) is 23.4 Å². The highest BCUT2D eigenvalue weighted by Gasteiger charge is 2.21. The average Bonchev–Trinajstić information content (AvgIpc) is 3.04. The van der Waals surface area contributed by atoms with Gasteiger partial charge in [-0.05, 0) is 50.9 Å². The summed E-state index contributed by atoms with van der Waals surface area (Å²) in [5.41, 5.74) is 3.93. The predicted molar refractivity (Wildman–Crippen MR) is 101 cm³/mol. The molecule has 4 rings (SSSR count). The van der Waals surface area contributed by atoms with E-state index >= 15 is 0 Å². The van der Waals surface area contributed by atoms with E-state index in [1.165, 1.54) is 4.88 Å². The van der Waals surface area contributed by atoms with Gasteiger partial charge in [-0.2, -0.15) is 0 Å². The Balaban J connectivity index is 1.40. The van der Waals surface area contributed by atoms with Gasteiger partial charge in [0.1, 0.15) is 0 Å². The summed E-state index contributed by atoms with van der Waals surface area (Å²) in [5, 5.41) is 0.711. The molecule has 2 aromatic heterocycles. The van der Waals surface area contributed by atoms with Gasteiger partial charge in [0.15, 0.2) is 0 Å². The largest absolute Gasteiger partial charge is 0.298 e. The molecule has 3 heterocycles. The normalized spacial score (nSPS) is 16.5. The molecule has 0 N–H and O–H groups in total. The number of aromatic nitrogens is 3. The molecule has 1 aliphatic rings. The first-order valence-electron chi connectivity index (χ1n) is 8.76. The standard InChI is InChI=1S/C19H22N4OS/c1-14-18(25-13-21-14)11-22-8-6-15(7-9-22)10-23-12-20-17-5-3-2-4-16(17)19(23)24/h2-5,12-13,15H,6-11H2,1H3. The Hall–Kier alpha value is -2.05. The van der Waals surface area contributed by atoms with E-state index in [0.717, 1.165) is 50.2 Å². The van der Waals surface area contributed by atoms with Gasteiger partial charge in [-0.15, -0.1) is 11.3 Å². The van der Waals surface area contributed by atoms with E-state index in [-0.39, 0.29) is 5.56 Å². The van der Waals surface area contributed by atoms with Crippen molar-refractivity contribution >= 4 is 22.2 Å². The molecule has 1 saturated heterocycles. The fourth-order valence-corrected chi connectivity index (χ4v) is 4.34. The highest BCUT2D eigenvalue weighted by molar-refractivity contribution is 7.09. The lowest BCUT2D eigenvalue weighted by Gasteiger charge is -2.31.